The second-order valence-corrected chi connectivity index (χ2v) is 1.15. The molecule has 4 nitrogen and oxygen atoms in total. The minimum absolute atomic E-state index is 0.139. The lowest BCUT2D eigenvalue weighted by Gasteiger charge is -1.71. The van der Waals surface area contributed by atoms with Gasteiger partial charge in [0, 0.05) is 13.0 Å². The number of aldehydes is 1. The maximum atomic E-state index is 9.37. The van der Waals surface area contributed by atoms with Crippen LogP contribution < -0.4 is 5.73 Å². The molecular formula is C5H11NO3. The van der Waals surface area contributed by atoms with E-state index in [0.29, 0.717) is 6.29 Å². The van der Waals surface area contributed by atoms with E-state index in [1.54, 1.807) is 6.92 Å². The Morgan fingerprint density at radius 1 is 1.78 bits per heavy atom. The molecule has 0 saturated heterocycles. The van der Waals surface area contributed by atoms with Crippen molar-refractivity contribution in [2.24, 2.45) is 5.73 Å². The fraction of sp³-hybridized carbons (Fsp3) is 0.600. The Labute approximate surface area is 53.7 Å². The Hall–Kier alpha value is -0.900. The zero-order valence-electron chi connectivity index (χ0n) is 5.33. The van der Waals surface area contributed by atoms with Crippen molar-refractivity contribution in [2.45, 2.75) is 13.3 Å². The summed E-state index contributed by atoms with van der Waals surface area (Å²) in [6.45, 7) is 1.74. The van der Waals surface area contributed by atoms with Gasteiger partial charge in [-0.2, -0.15) is 0 Å². The summed E-state index contributed by atoms with van der Waals surface area (Å²) < 4.78 is 0. The van der Waals surface area contributed by atoms with Crippen LogP contribution in [0.5, 0.6) is 0 Å². The van der Waals surface area contributed by atoms with Crippen LogP contribution in [-0.2, 0) is 9.59 Å². The summed E-state index contributed by atoms with van der Waals surface area (Å²) >= 11 is 0. The Bertz CT molecular complexity index is 82.3. The number of aliphatic carboxylic acids is 1. The van der Waals surface area contributed by atoms with Gasteiger partial charge in [0.15, 0.2) is 0 Å². The second kappa shape index (κ2) is 10.2. The lowest BCUT2D eigenvalue weighted by Crippen LogP contribution is -1.97. The van der Waals surface area contributed by atoms with Gasteiger partial charge in [-0.05, 0) is 0 Å². The van der Waals surface area contributed by atoms with E-state index in [2.05, 4.69) is 5.73 Å². The molecule has 9 heavy (non-hydrogen) atoms. The number of carbonyl (C=O) groups excluding carboxylic acids is 1. The van der Waals surface area contributed by atoms with E-state index in [1.807, 2.05) is 0 Å². The molecule has 0 spiro atoms. The summed E-state index contributed by atoms with van der Waals surface area (Å²) in [5.74, 6) is -0.745. The fourth-order valence-electron chi connectivity index (χ4n) is 0. The number of hydrogen-bond acceptors (Lipinski definition) is 3. The minimum atomic E-state index is -0.745. The van der Waals surface area contributed by atoms with E-state index < -0.39 is 5.97 Å². The number of hydrogen-bond donors (Lipinski definition) is 2. The first kappa shape index (κ1) is 11.0. The van der Waals surface area contributed by atoms with Crippen LogP contribution in [0.15, 0.2) is 0 Å². The monoisotopic (exact) mass is 133 g/mol. The molecule has 0 aromatic heterocycles. The molecule has 54 valence electrons. The van der Waals surface area contributed by atoms with Crippen LogP contribution in [0.2, 0.25) is 0 Å². The predicted molar refractivity (Wildman–Crippen MR) is 33.0 cm³/mol. The molecular weight excluding hydrogens is 122 g/mol. The van der Waals surface area contributed by atoms with Gasteiger partial charge in [0.1, 0.15) is 6.29 Å². The van der Waals surface area contributed by atoms with Gasteiger partial charge in [-0.3, -0.25) is 4.79 Å². The van der Waals surface area contributed by atoms with Gasteiger partial charge in [-0.1, -0.05) is 6.92 Å². The van der Waals surface area contributed by atoms with Crippen LogP contribution in [0.25, 0.3) is 0 Å². The van der Waals surface area contributed by atoms with E-state index >= 15 is 0 Å². The van der Waals surface area contributed by atoms with Gasteiger partial charge < -0.3 is 15.6 Å². The van der Waals surface area contributed by atoms with E-state index in [1.165, 1.54) is 0 Å². The van der Waals surface area contributed by atoms with E-state index in [-0.39, 0.29) is 13.0 Å². The van der Waals surface area contributed by atoms with E-state index in [0.717, 1.165) is 0 Å². The summed E-state index contributed by atoms with van der Waals surface area (Å²) in [7, 11) is 0. The van der Waals surface area contributed by atoms with Crippen molar-refractivity contribution < 1.29 is 14.7 Å². The summed E-state index contributed by atoms with van der Waals surface area (Å²) in [6.07, 6.45) is 0.875. The number of carboxylic acid groups (broad SMARTS) is 1. The highest BCUT2D eigenvalue weighted by Crippen LogP contribution is 1.67. The van der Waals surface area contributed by atoms with Gasteiger partial charge >= 0.3 is 5.97 Å². The molecule has 0 aromatic carbocycles. The van der Waals surface area contributed by atoms with E-state index in [4.69, 9.17) is 9.90 Å². The van der Waals surface area contributed by atoms with Crippen molar-refractivity contribution in [1.29, 1.82) is 0 Å². The Morgan fingerprint density at radius 2 is 2.00 bits per heavy atom. The third-order valence-corrected chi connectivity index (χ3v) is 0.399. The molecule has 0 atom stereocenters. The first-order valence-electron chi connectivity index (χ1n) is 2.54. The van der Waals surface area contributed by atoms with Crippen LogP contribution in [0.4, 0.5) is 0 Å². The molecule has 3 N–H and O–H groups in total. The Kier molecular flexibility index (Phi) is 12.4. The lowest BCUT2D eigenvalue weighted by atomic mass is 10.5. The average Bonchev–Trinajstić information content (AvgIpc) is 1.89. The maximum Gasteiger partial charge on any atom is 0.303 e. The van der Waals surface area contributed by atoms with Crippen LogP contribution in [0, 0.1) is 0 Å². The highest BCUT2D eigenvalue weighted by atomic mass is 16.4. The molecule has 0 heterocycles. The summed E-state index contributed by atoms with van der Waals surface area (Å²) in [6, 6.07) is 0. The molecule has 0 amide bonds. The molecule has 0 saturated carbocycles. The highest BCUT2D eigenvalue weighted by Gasteiger charge is 1.80. The standard InChI is InChI=1S/C3H6O2.C2H5NO/c1-2-3(4)5;3-1-2-4/h2H2,1H3,(H,4,5);2H,1,3H2. The molecule has 0 aliphatic carbocycles. The maximum absolute atomic E-state index is 9.37. The molecule has 0 aliphatic heterocycles. The summed E-state index contributed by atoms with van der Waals surface area (Å²) in [5, 5.41) is 7.72. The first-order valence-corrected chi connectivity index (χ1v) is 2.54. The van der Waals surface area contributed by atoms with E-state index in [9.17, 15) is 4.79 Å². The Morgan fingerprint density at radius 3 is 2.00 bits per heavy atom. The van der Waals surface area contributed by atoms with Gasteiger partial charge in [0.2, 0.25) is 0 Å². The van der Waals surface area contributed by atoms with Gasteiger partial charge in [0.05, 0.1) is 0 Å². The minimum Gasteiger partial charge on any atom is -0.481 e. The van der Waals surface area contributed by atoms with Gasteiger partial charge in [0.25, 0.3) is 0 Å². The van der Waals surface area contributed by atoms with Gasteiger partial charge in [-0.25, -0.2) is 0 Å². The van der Waals surface area contributed by atoms with Crippen LogP contribution in [0.1, 0.15) is 13.3 Å². The highest BCUT2D eigenvalue weighted by molar-refractivity contribution is 5.66. The zero-order valence-corrected chi connectivity index (χ0v) is 5.33. The second-order valence-electron chi connectivity index (χ2n) is 1.15. The third kappa shape index (κ3) is 41.9. The smallest absolute Gasteiger partial charge is 0.303 e. The van der Waals surface area contributed by atoms with Crippen molar-refractivity contribution in [3.63, 3.8) is 0 Å². The van der Waals surface area contributed by atoms with Crippen LogP contribution in [0.3, 0.4) is 0 Å². The van der Waals surface area contributed by atoms with Crippen LogP contribution in [-0.4, -0.2) is 23.9 Å². The SMILES string of the molecule is CCC(=O)O.NCC=O. The van der Waals surface area contributed by atoms with Crippen molar-refractivity contribution >= 4 is 12.3 Å². The molecule has 0 fully saturated rings. The van der Waals surface area contributed by atoms with Crippen LogP contribution >= 0.6 is 0 Å². The molecule has 0 bridgehead atoms. The number of carbonyl (C=O) groups is 2. The molecule has 0 rings (SSSR count). The average molecular weight is 133 g/mol. The number of nitrogens with two attached hydrogens (primary N) is 1. The quantitative estimate of drug-likeness (QED) is 0.503. The molecule has 0 aromatic rings. The molecule has 0 unspecified atom stereocenters. The first-order chi connectivity index (χ1) is 4.18. The fourth-order valence-corrected chi connectivity index (χ4v) is 0. The molecule has 4 heteroatoms. The predicted octanol–water partition coefficient (Wildman–Crippen LogP) is -0.375. The number of carboxylic acids is 1. The van der Waals surface area contributed by atoms with Crippen molar-refractivity contribution in [3.8, 4) is 0 Å². The third-order valence-electron chi connectivity index (χ3n) is 0.399. The topological polar surface area (TPSA) is 80.4 Å². The summed E-state index contributed by atoms with van der Waals surface area (Å²) in [5.41, 5.74) is 4.66. The Balaban J connectivity index is 0. The van der Waals surface area contributed by atoms with Crippen molar-refractivity contribution in [1.82, 2.24) is 0 Å². The largest absolute Gasteiger partial charge is 0.481 e. The molecule has 0 radical (unpaired) electrons. The zero-order chi connectivity index (χ0) is 7.70. The summed E-state index contributed by atoms with van der Waals surface area (Å²) in [4.78, 5) is 18.4. The number of rotatable bonds is 2. The van der Waals surface area contributed by atoms with Crippen molar-refractivity contribution in [3.05, 3.63) is 0 Å². The molecule has 0 aliphatic rings. The normalized spacial score (nSPS) is 6.89. The van der Waals surface area contributed by atoms with Gasteiger partial charge in [-0.15, -0.1) is 0 Å². The van der Waals surface area contributed by atoms with Crippen molar-refractivity contribution in [2.75, 3.05) is 6.54 Å². The lowest BCUT2D eigenvalue weighted by molar-refractivity contribution is -0.136.